The Balaban J connectivity index is 1.50. The average molecular weight is 347 g/mol. The van der Waals surface area contributed by atoms with Crippen LogP contribution in [0.15, 0.2) is 72.4 Å². The van der Waals surface area contributed by atoms with Gasteiger partial charge in [0.05, 0.1) is 22.2 Å². The number of rotatable bonds is 5. The number of nitrogens with one attached hydrogen (secondary N) is 1. The van der Waals surface area contributed by atoms with Gasteiger partial charge < -0.3 is 9.88 Å². The van der Waals surface area contributed by atoms with E-state index in [2.05, 4.69) is 39.1 Å². The van der Waals surface area contributed by atoms with Crippen LogP contribution in [-0.4, -0.2) is 15.5 Å². The summed E-state index contributed by atoms with van der Waals surface area (Å²) >= 11 is 1.43. The number of benzene rings is 2. The van der Waals surface area contributed by atoms with Crippen LogP contribution in [0.1, 0.15) is 15.2 Å². The topological polar surface area (TPSA) is 46.9 Å². The van der Waals surface area contributed by atoms with Crippen LogP contribution in [0, 0.1) is 0 Å². The monoisotopic (exact) mass is 347 g/mol. The van der Waals surface area contributed by atoms with Crippen LogP contribution < -0.4 is 5.32 Å². The van der Waals surface area contributed by atoms with Gasteiger partial charge in [-0.15, -0.1) is 11.3 Å². The lowest BCUT2D eigenvalue weighted by atomic mass is 10.1. The molecule has 2 heterocycles. The first kappa shape index (κ1) is 15.6. The zero-order valence-corrected chi connectivity index (χ0v) is 14.4. The highest BCUT2D eigenvalue weighted by Crippen LogP contribution is 2.20. The molecule has 5 heteroatoms. The summed E-state index contributed by atoms with van der Waals surface area (Å²) in [4.78, 5) is 17.3. The average Bonchev–Trinajstić information content (AvgIpc) is 3.31. The third-order valence-corrected chi connectivity index (χ3v) is 4.98. The number of aromatic nitrogens is 2. The molecular formula is C20H17N3OS. The molecule has 0 radical (unpaired) electrons. The fraction of sp³-hybridized carbons (Fsp3) is 0.100. The first-order chi connectivity index (χ1) is 12.3. The van der Waals surface area contributed by atoms with Gasteiger partial charge in [-0.3, -0.25) is 4.79 Å². The van der Waals surface area contributed by atoms with Crippen molar-refractivity contribution in [3.63, 3.8) is 0 Å². The van der Waals surface area contributed by atoms with Crippen LogP contribution in [0.25, 0.3) is 11.0 Å². The molecule has 2 aromatic carbocycles. The van der Waals surface area contributed by atoms with Gasteiger partial charge in [-0.1, -0.05) is 36.4 Å². The molecule has 1 amide bonds. The van der Waals surface area contributed by atoms with Crippen LogP contribution in [0.3, 0.4) is 0 Å². The number of carbonyl (C=O) groups excluding carboxylic acids is 1. The van der Waals surface area contributed by atoms with Gasteiger partial charge in [0.2, 0.25) is 0 Å². The number of hydrogen-bond acceptors (Lipinski definition) is 3. The zero-order chi connectivity index (χ0) is 17.1. The zero-order valence-electron chi connectivity index (χ0n) is 13.6. The smallest absolute Gasteiger partial charge is 0.265 e. The molecule has 2 aromatic heterocycles. The Kier molecular flexibility index (Phi) is 4.31. The Hall–Kier alpha value is -2.92. The number of aryl methyl sites for hydroxylation is 2. The molecule has 0 saturated carbocycles. The predicted molar refractivity (Wildman–Crippen MR) is 102 cm³/mol. The van der Waals surface area contributed by atoms with E-state index < -0.39 is 0 Å². The summed E-state index contributed by atoms with van der Waals surface area (Å²) in [6.45, 7) is 0.876. The van der Waals surface area contributed by atoms with Gasteiger partial charge >= 0.3 is 0 Å². The maximum absolute atomic E-state index is 12.1. The second-order valence-corrected chi connectivity index (χ2v) is 6.76. The molecule has 0 aliphatic carbocycles. The maximum atomic E-state index is 12.1. The van der Waals surface area contributed by atoms with Gasteiger partial charge in [0.25, 0.3) is 5.91 Å². The van der Waals surface area contributed by atoms with Crippen molar-refractivity contribution in [2.45, 2.75) is 13.0 Å². The Morgan fingerprint density at radius 1 is 1.08 bits per heavy atom. The third-order valence-electron chi connectivity index (χ3n) is 4.11. The summed E-state index contributed by atoms with van der Waals surface area (Å²) in [6.07, 6.45) is 2.82. The van der Waals surface area contributed by atoms with Gasteiger partial charge in [-0.25, -0.2) is 4.98 Å². The largest absolute Gasteiger partial charge is 0.330 e. The van der Waals surface area contributed by atoms with E-state index in [-0.39, 0.29) is 5.91 Å². The van der Waals surface area contributed by atoms with Crippen molar-refractivity contribution >= 4 is 34.0 Å². The van der Waals surface area contributed by atoms with Crippen LogP contribution >= 0.6 is 11.3 Å². The normalized spacial score (nSPS) is 10.9. The second-order valence-electron chi connectivity index (χ2n) is 5.81. The Bertz CT molecular complexity index is 990. The number of thiophene rings is 1. The summed E-state index contributed by atoms with van der Waals surface area (Å²) in [5, 5.41) is 4.82. The van der Waals surface area contributed by atoms with E-state index in [1.54, 1.807) is 0 Å². The lowest BCUT2D eigenvalue weighted by Gasteiger charge is -2.06. The Morgan fingerprint density at radius 2 is 1.96 bits per heavy atom. The van der Waals surface area contributed by atoms with E-state index in [1.165, 1.54) is 16.9 Å². The minimum Gasteiger partial charge on any atom is -0.330 e. The molecule has 0 saturated heterocycles. The fourth-order valence-corrected chi connectivity index (χ4v) is 3.43. The molecule has 1 N–H and O–H groups in total. The van der Waals surface area contributed by atoms with Crippen molar-refractivity contribution < 1.29 is 4.79 Å². The van der Waals surface area contributed by atoms with Crippen molar-refractivity contribution in [2.24, 2.45) is 0 Å². The highest BCUT2D eigenvalue weighted by atomic mass is 32.1. The lowest BCUT2D eigenvalue weighted by molar-refractivity contribution is 0.103. The number of nitrogens with zero attached hydrogens (tertiary/aromatic N) is 2. The molecule has 4 rings (SSSR count). The summed E-state index contributed by atoms with van der Waals surface area (Å²) < 4.78 is 2.15. The molecule has 4 nitrogen and oxygen atoms in total. The van der Waals surface area contributed by atoms with Crippen molar-refractivity contribution in [3.05, 3.63) is 82.8 Å². The number of hydrogen-bond donors (Lipinski definition) is 1. The highest BCUT2D eigenvalue weighted by Gasteiger charge is 2.09. The molecule has 0 spiro atoms. The molecule has 25 heavy (non-hydrogen) atoms. The molecule has 124 valence electrons. The highest BCUT2D eigenvalue weighted by molar-refractivity contribution is 7.12. The van der Waals surface area contributed by atoms with Gasteiger partial charge in [-0.05, 0) is 41.6 Å². The molecule has 0 unspecified atom stereocenters. The minimum atomic E-state index is -0.0853. The standard InChI is InChI=1S/C20H17N3OS/c24-20(19-7-4-12-25-19)22-16-8-9-18-17(13-16)21-14-23(18)11-10-15-5-2-1-3-6-15/h1-9,12-14H,10-11H2,(H,22,24). The summed E-state index contributed by atoms with van der Waals surface area (Å²) in [5.41, 5.74) is 4.03. The number of anilines is 1. The Labute approximate surface area is 149 Å². The first-order valence-corrected chi connectivity index (χ1v) is 9.01. The van der Waals surface area contributed by atoms with Crippen molar-refractivity contribution in [1.29, 1.82) is 0 Å². The number of carbonyl (C=O) groups is 1. The van der Waals surface area contributed by atoms with Crippen LogP contribution in [0.4, 0.5) is 5.69 Å². The van der Waals surface area contributed by atoms with E-state index in [0.29, 0.717) is 4.88 Å². The molecular weight excluding hydrogens is 330 g/mol. The van der Waals surface area contributed by atoms with Crippen molar-refractivity contribution in [2.75, 3.05) is 5.32 Å². The molecule has 0 atom stereocenters. The van der Waals surface area contributed by atoms with Crippen LogP contribution in [-0.2, 0) is 13.0 Å². The predicted octanol–water partition coefficient (Wildman–Crippen LogP) is 4.59. The SMILES string of the molecule is O=C(Nc1ccc2c(c1)ncn2CCc1ccccc1)c1cccs1. The lowest BCUT2D eigenvalue weighted by Crippen LogP contribution is -2.09. The van der Waals surface area contributed by atoms with Crippen LogP contribution in [0.5, 0.6) is 0 Å². The van der Waals surface area contributed by atoms with Gasteiger partial charge in [0, 0.05) is 12.2 Å². The van der Waals surface area contributed by atoms with Crippen LogP contribution in [0.2, 0.25) is 0 Å². The Morgan fingerprint density at radius 3 is 2.76 bits per heavy atom. The number of amides is 1. The van der Waals surface area contributed by atoms with Gasteiger partial charge in [0.1, 0.15) is 0 Å². The van der Waals surface area contributed by atoms with Gasteiger partial charge in [-0.2, -0.15) is 0 Å². The van der Waals surface area contributed by atoms with E-state index in [1.807, 2.05) is 48.1 Å². The van der Waals surface area contributed by atoms with Crippen molar-refractivity contribution in [3.8, 4) is 0 Å². The summed E-state index contributed by atoms with van der Waals surface area (Å²) in [6, 6.07) is 20.0. The number of fused-ring (bicyclic) bond motifs is 1. The summed E-state index contributed by atoms with van der Waals surface area (Å²) in [7, 11) is 0. The molecule has 0 aliphatic rings. The fourth-order valence-electron chi connectivity index (χ4n) is 2.81. The molecule has 0 aliphatic heterocycles. The van der Waals surface area contributed by atoms with E-state index >= 15 is 0 Å². The minimum absolute atomic E-state index is 0.0853. The van der Waals surface area contributed by atoms with Gasteiger partial charge in [0.15, 0.2) is 0 Å². The molecule has 4 aromatic rings. The van der Waals surface area contributed by atoms with E-state index in [4.69, 9.17) is 0 Å². The second kappa shape index (κ2) is 6.91. The first-order valence-electron chi connectivity index (χ1n) is 8.13. The van der Waals surface area contributed by atoms with E-state index in [0.717, 1.165) is 29.7 Å². The summed E-state index contributed by atoms with van der Waals surface area (Å²) in [5.74, 6) is -0.0853. The quantitative estimate of drug-likeness (QED) is 0.574. The van der Waals surface area contributed by atoms with Crippen molar-refractivity contribution in [1.82, 2.24) is 9.55 Å². The van der Waals surface area contributed by atoms with E-state index in [9.17, 15) is 4.79 Å². The number of imidazole rings is 1. The molecule has 0 bridgehead atoms. The maximum Gasteiger partial charge on any atom is 0.265 e. The third kappa shape index (κ3) is 3.46. The molecule has 0 fully saturated rings.